The standard InChI is InChI=1S/C27H34ClN3O6S/c1-4-5-11-25-29-26(28)23(17-32)31(25)16-20-12-14-22(15-13-20)38(34,35)30(2)24(27(33)36-3)19-37-18-21-9-7-6-8-10-21/h6-10,12-15,24,32H,4-5,11,16-19H2,1-3H3/t24-/m0/s1/i18D/t18?,24-. The van der Waals surface area contributed by atoms with Crippen molar-refractivity contribution in [2.75, 3.05) is 20.8 Å². The highest BCUT2D eigenvalue weighted by Crippen LogP contribution is 2.23. The van der Waals surface area contributed by atoms with E-state index in [-0.39, 0.29) is 23.3 Å². The Morgan fingerprint density at radius 3 is 2.47 bits per heavy atom. The number of likely N-dealkylation sites (N-methyl/N-ethyl adjacent to an activating group) is 1. The van der Waals surface area contributed by atoms with Gasteiger partial charge < -0.3 is 19.1 Å². The predicted octanol–water partition coefficient (Wildman–Crippen LogP) is 3.80. The number of rotatable bonds is 14. The maximum Gasteiger partial charge on any atom is 0.326 e. The van der Waals surface area contributed by atoms with Crippen LogP contribution < -0.4 is 0 Å². The molecule has 2 aromatic carbocycles. The molecule has 0 fully saturated rings. The second kappa shape index (κ2) is 13.9. The molecule has 1 unspecified atom stereocenters. The van der Waals surface area contributed by atoms with E-state index in [0.717, 1.165) is 35.6 Å². The lowest BCUT2D eigenvalue weighted by molar-refractivity contribution is -0.147. The Morgan fingerprint density at radius 2 is 1.87 bits per heavy atom. The molecule has 0 aliphatic carbocycles. The lowest BCUT2D eigenvalue weighted by Crippen LogP contribution is -2.45. The molecule has 0 spiro atoms. The molecule has 1 heterocycles. The van der Waals surface area contributed by atoms with E-state index in [1.165, 1.54) is 19.2 Å². The van der Waals surface area contributed by atoms with E-state index in [1.54, 1.807) is 42.5 Å². The van der Waals surface area contributed by atoms with E-state index in [0.29, 0.717) is 24.2 Å². The predicted molar refractivity (Wildman–Crippen MR) is 144 cm³/mol. The summed E-state index contributed by atoms with van der Waals surface area (Å²) in [6.45, 7) is 0.693. The van der Waals surface area contributed by atoms with E-state index in [4.69, 9.17) is 22.4 Å². The van der Waals surface area contributed by atoms with Crippen molar-refractivity contribution in [2.24, 2.45) is 0 Å². The van der Waals surface area contributed by atoms with Crippen LogP contribution in [0.25, 0.3) is 0 Å². The van der Waals surface area contributed by atoms with Gasteiger partial charge in [0, 0.05) is 20.0 Å². The number of nitrogens with zero attached hydrogens (tertiary/aromatic N) is 3. The molecule has 1 aromatic heterocycles. The Labute approximate surface area is 230 Å². The first-order valence-electron chi connectivity index (χ1n) is 12.8. The van der Waals surface area contributed by atoms with Crippen LogP contribution in [0.4, 0.5) is 0 Å². The van der Waals surface area contributed by atoms with Crippen LogP contribution in [0.3, 0.4) is 0 Å². The van der Waals surface area contributed by atoms with E-state index in [1.807, 2.05) is 4.57 Å². The van der Waals surface area contributed by atoms with Gasteiger partial charge in [-0.25, -0.2) is 13.4 Å². The summed E-state index contributed by atoms with van der Waals surface area (Å²) in [4.78, 5) is 16.9. The average molecular weight is 565 g/mol. The Morgan fingerprint density at radius 1 is 1.18 bits per heavy atom. The number of carbonyl (C=O) groups is 1. The minimum atomic E-state index is -4.11. The molecule has 1 N–H and O–H groups in total. The number of aryl methyl sites for hydroxylation is 1. The van der Waals surface area contributed by atoms with E-state index in [9.17, 15) is 18.3 Å². The van der Waals surface area contributed by atoms with Crippen molar-refractivity contribution in [1.29, 1.82) is 0 Å². The van der Waals surface area contributed by atoms with Gasteiger partial charge in [-0.05, 0) is 29.7 Å². The fourth-order valence-electron chi connectivity index (χ4n) is 3.88. The van der Waals surface area contributed by atoms with Gasteiger partial charge in [0.2, 0.25) is 10.0 Å². The molecule has 3 rings (SSSR count). The molecule has 9 nitrogen and oxygen atoms in total. The summed E-state index contributed by atoms with van der Waals surface area (Å²) in [7, 11) is -1.67. The highest BCUT2D eigenvalue weighted by Gasteiger charge is 2.34. The molecule has 3 aromatic rings. The number of esters is 1. The highest BCUT2D eigenvalue weighted by atomic mass is 35.5. The Kier molecular flexibility index (Phi) is 10.3. The first-order chi connectivity index (χ1) is 18.6. The number of methoxy groups -OCH3 is 1. The molecule has 2 atom stereocenters. The number of aliphatic hydroxyl groups excluding tert-OH is 1. The van der Waals surface area contributed by atoms with E-state index < -0.39 is 28.6 Å². The van der Waals surface area contributed by atoms with Crippen LogP contribution in [0.5, 0.6) is 0 Å². The van der Waals surface area contributed by atoms with Crippen LogP contribution in [0.2, 0.25) is 5.15 Å². The molecule has 0 amide bonds. The fraction of sp³-hybridized carbons (Fsp3) is 0.407. The number of aromatic nitrogens is 2. The summed E-state index contributed by atoms with van der Waals surface area (Å²) < 4.78 is 48.1. The Balaban J connectivity index is 1.78. The van der Waals surface area contributed by atoms with Gasteiger partial charge in [0.05, 0.1) is 38.9 Å². The van der Waals surface area contributed by atoms with E-state index >= 15 is 0 Å². The van der Waals surface area contributed by atoms with Crippen molar-refractivity contribution in [2.45, 2.75) is 56.9 Å². The maximum atomic E-state index is 13.4. The third-order valence-corrected chi connectivity index (χ3v) is 8.32. The average Bonchev–Trinajstić information content (AvgIpc) is 3.25. The van der Waals surface area contributed by atoms with Gasteiger partial charge in [0.25, 0.3) is 0 Å². The van der Waals surface area contributed by atoms with Crippen LogP contribution in [0.15, 0.2) is 59.5 Å². The van der Waals surface area contributed by atoms with Crippen LogP contribution in [0.1, 0.15) is 43.8 Å². The number of ether oxygens (including phenoxy) is 2. The molecule has 0 bridgehead atoms. The Bertz CT molecular complexity index is 1340. The van der Waals surface area contributed by atoms with Gasteiger partial charge in [0.1, 0.15) is 11.9 Å². The Hall–Kier alpha value is -2.76. The molecular weight excluding hydrogens is 530 g/mol. The number of hydrogen-bond donors (Lipinski definition) is 1. The smallest absolute Gasteiger partial charge is 0.326 e. The summed E-state index contributed by atoms with van der Waals surface area (Å²) in [5.74, 6) is -0.0439. The van der Waals surface area contributed by atoms with Gasteiger partial charge in [-0.1, -0.05) is 67.4 Å². The van der Waals surface area contributed by atoms with Crippen LogP contribution in [0, 0.1) is 0 Å². The third-order valence-electron chi connectivity index (χ3n) is 6.13. The zero-order chi connectivity index (χ0) is 28.6. The van der Waals surface area contributed by atoms with Gasteiger partial charge in [-0.3, -0.25) is 4.79 Å². The molecule has 0 radical (unpaired) electrons. The van der Waals surface area contributed by atoms with Crippen molar-refractivity contribution >= 4 is 27.6 Å². The van der Waals surface area contributed by atoms with Crippen LogP contribution in [-0.4, -0.2) is 60.2 Å². The number of halogens is 1. The van der Waals surface area contributed by atoms with Crippen molar-refractivity contribution in [3.05, 3.63) is 82.4 Å². The van der Waals surface area contributed by atoms with Gasteiger partial charge in [-0.2, -0.15) is 4.31 Å². The molecule has 11 heteroatoms. The highest BCUT2D eigenvalue weighted by molar-refractivity contribution is 7.89. The number of benzene rings is 2. The normalized spacial score (nSPS) is 13.8. The summed E-state index contributed by atoms with van der Waals surface area (Å²) in [6, 6.07) is 13.7. The van der Waals surface area contributed by atoms with Gasteiger partial charge in [-0.15, -0.1) is 0 Å². The molecule has 0 saturated carbocycles. The quantitative estimate of drug-likeness (QED) is 0.296. The minimum Gasteiger partial charge on any atom is -0.468 e. The summed E-state index contributed by atoms with van der Waals surface area (Å²) in [5.41, 5.74) is 1.86. The van der Waals surface area contributed by atoms with Crippen molar-refractivity contribution < 1.29 is 29.2 Å². The molecular formula is C27H34ClN3O6S. The van der Waals surface area contributed by atoms with Crippen molar-refractivity contribution in [3.8, 4) is 0 Å². The minimum absolute atomic E-state index is 0.0228. The molecule has 0 aliphatic rings. The fourth-order valence-corrected chi connectivity index (χ4v) is 5.43. The van der Waals surface area contributed by atoms with Crippen LogP contribution in [-0.2, 0) is 50.4 Å². The lowest BCUT2D eigenvalue weighted by atomic mass is 10.2. The summed E-state index contributed by atoms with van der Waals surface area (Å²) >= 11 is 6.23. The zero-order valence-corrected chi connectivity index (χ0v) is 23.3. The lowest BCUT2D eigenvalue weighted by Gasteiger charge is -2.25. The van der Waals surface area contributed by atoms with Crippen molar-refractivity contribution in [1.82, 2.24) is 13.9 Å². The maximum absolute atomic E-state index is 13.4. The summed E-state index contributed by atoms with van der Waals surface area (Å²) in [6.07, 6.45) is 2.60. The topological polar surface area (TPSA) is 111 Å². The molecule has 38 heavy (non-hydrogen) atoms. The van der Waals surface area contributed by atoms with Crippen molar-refractivity contribution in [3.63, 3.8) is 0 Å². The SMILES string of the molecule is [2H]C(OC[C@@H](C(=O)OC)N(C)S(=O)(=O)c1ccc(Cn2c(CCCC)nc(Cl)c2CO)cc1)c1ccccc1. The largest absolute Gasteiger partial charge is 0.468 e. The molecule has 206 valence electrons. The van der Waals surface area contributed by atoms with Gasteiger partial charge >= 0.3 is 5.97 Å². The number of hydrogen-bond acceptors (Lipinski definition) is 7. The van der Waals surface area contributed by atoms with E-state index in [2.05, 4.69) is 11.9 Å². The molecule has 0 saturated heterocycles. The number of aliphatic hydroxyl groups is 1. The number of imidazole rings is 1. The second-order valence-electron chi connectivity index (χ2n) is 8.68. The zero-order valence-electron chi connectivity index (χ0n) is 22.7. The third kappa shape index (κ3) is 7.21. The number of sulfonamides is 1. The second-order valence-corrected chi connectivity index (χ2v) is 11.0. The number of carbonyl (C=O) groups excluding carboxylic acids is 1. The first kappa shape index (κ1) is 28.3. The summed E-state index contributed by atoms with van der Waals surface area (Å²) in [5, 5.41) is 10.1. The monoisotopic (exact) mass is 564 g/mol. The molecule has 0 aliphatic heterocycles. The number of unbranched alkanes of at least 4 members (excludes halogenated alkanes) is 1. The van der Waals surface area contributed by atoms with Gasteiger partial charge in [0.15, 0.2) is 5.15 Å². The first-order valence-corrected chi connectivity index (χ1v) is 14.0. The van der Waals surface area contributed by atoms with Crippen LogP contribution >= 0.6 is 11.6 Å².